The number of carbonyl (C=O) groups is 1. The second-order valence-corrected chi connectivity index (χ2v) is 7.60. The normalized spacial score (nSPS) is 14.5. The number of nitrogens with zero attached hydrogens (tertiary/aromatic N) is 3. The predicted molar refractivity (Wildman–Crippen MR) is 114 cm³/mol. The minimum absolute atomic E-state index is 0.0517. The van der Waals surface area contributed by atoms with E-state index >= 15 is 0 Å². The van der Waals surface area contributed by atoms with Gasteiger partial charge in [-0.2, -0.15) is 5.10 Å². The van der Waals surface area contributed by atoms with Crippen LogP contribution in [0.4, 0.5) is 0 Å². The van der Waals surface area contributed by atoms with E-state index in [2.05, 4.69) is 5.10 Å². The average Bonchev–Trinajstić information content (AvgIpc) is 3.15. The Balaban J connectivity index is 1.41. The van der Waals surface area contributed by atoms with Crippen LogP contribution in [0.3, 0.4) is 0 Å². The van der Waals surface area contributed by atoms with E-state index in [-0.39, 0.29) is 12.0 Å². The van der Waals surface area contributed by atoms with E-state index in [4.69, 9.17) is 13.9 Å². The summed E-state index contributed by atoms with van der Waals surface area (Å²) in [5.41, 5.74) is 1.73. The molecule has 31 heavy (non-hydrogen) atoms. The minimum atomic E-state index is -0.425. The highest BCUT2D eigenvalue weighted by Crippen LogP contribution is 2.25. The van der Waals surface area contributed by atoms with Gasteiger partial charge in [-0.3, -0.25) is 9.48 Å². The Kier molecular flexibility index (Phi) is 5.79. The van der Waals surface area contributed by atoms with Gasteiger partial charge in [-0.05, 0) is 25.1 Å². The lowest BCUT2D eigenvalue weighted by molar-refractivity contribution is 0.0584. The van der Waals surface area contributed by atoms with Gasteiger partial charge in [0.15, 0.2) is 0 Å². The molecule has 0 atom stereocenters. The third-order valence-electron chi connectivity index (χ3n) is 5.36. The quantitative estimate of drug-likeness (QED) is 0.627. The molecule has 162 valence electrons. The van der Waals surface area contributed by atoms with Crippen molar-refractivity contribution in [1.29, 1.82) is 0 Å². The molecular weight excluding hydrogens is 398 g/mol. The largest absolute Gasteiger partial charge is 0.497 e. The number of rotatable bonds is 5. The Hall–Kier alpha value is -3.55. The van der Waals surface area contributed by atoms with E-state index in [1.54, 1.807) is 31.8 Å². The van der Waals surface area contributed by atoms with E-state index in [0.29, 0.717) is 43.1 Å². The molecule has 0 saturated carbocycles. The highest BCUT2D eigenvalue weighted by molar-refractivity contribution is 5.93. The highest BCUT2D eigenvalue weighted by Gasteiger charge is 2.27. The maximum Gasteiger partial charge on any atom is 0.339 e. The van der Waals surface area contributed by atoms with Crippen LogP contribution < -0.4 is 15.1 Å². The van der Waals surface area contributed by atoms with Gasteiger partial charge in [0.1, 0.15) is 29.1 Å². The monoisotopic (exact) mass is 423 g/mol. The highest BCUT2D eigenvalue weighted by atomic mass is 16.5. The van der Waals surface area contributed by atoms with Crippen LogP contribution in [0.2, 0.25) is 0 Å². The van der Waals surface area contributed by atoms with Crippen LogP contribution in [0, 0.1) is 6.92 Å². The van der Waals surface area contributed by atoms with E-state index in [1.165, 1.54) is 6.07 Å². The molecular formula is C23H25N3O5. The summed E-state index contributed by atoms with van der Waals surface area (Å²) in [5, 5.41) is 4.51. The van der Waals surface area contributed by atoms with Crippen LogP contribution in [-0.4, -0.2) is 46.9 Å². The fraction of sp³-hybridized carbons (Fsp3) is 0.348. The van der Waals surface area contributed by atoms with Crippen LogP contribution in [-0.2, 0) is 7.05 Å². The van der Waals surface area contributed by atoms with Crippen LogP contribution in [0.25, 0.3) is 11.3 Å². The van der Waals surface area contributed by atoms with Crippen molar-refractivity contribution in [1.82, 2.24) is 14.7 Å². The lowest BCUT2D eigenvalue weighted by atomic mass is 10.1. The minimum Gasteiger partial charge on any atom is -0.497 e. The second kappa shape index (κ2) is 8.67. The first-order valence-electron chi connectivity index (χ1n) is 10.2. The zero-order valence-electron chi connectivity index (χ0n) is 17.8. The molecule has 0 bridgehead atoms. The molecule has 8 nitrogen and oxygen atoms in total. The molecule has 1 fully saturated rings. The lowest BCUT2D eigenvalue weighted by Crippen LogP contribution is -2.42. The molecule has 1 aliphatic heterocycles. The van der Waals surface area contributed by atoms with Gasteiger partial charge in [-0.1, -0.05) is 12.1 Å². The standard InChI is InChI=1S/C23H25N3O5/c1-15-11-19(13-22(27)30-15)31-17-7-9-26(10-8-17)23(28)21-14-20(24-25(21)2)16-5-4-6-18(12-16)29-3/h4-6,11-14,17H,7-10H2,1-3H3. The third kappa shape index (κ3) is 4.63. The number of methoxy groups -OCH3 is 1. The summed E-state index contributed by atoms with van der Waals surface area (Å²) in [5.74, 6) is 1.70. The molecule has 1 amide bonds. The van der Waals surface area contributed by atoms with Gasteiger partial charge in [-0.15, -0.1) is 0 Å². The van der Waals surface area contributed by atoms with E-state index in [9.17, 15) is 9.59 Å². The van der Waals surface area contributed by atoms with Gasteiger partial charge in [0.05, 0.1) is 18.9 Å². The number of ether oxygens (including phenoxy) is 2. The SMILES string of the molecule is COc1cccc(-c2cc(C(=O)N3CCC(Oc4cc(C)oc(=O)c4)CC3)n(C)n2)c1. The second-order valence-electron chi connectivity index (χ2n) is 7.60. The Morgan fingerprint density at radius 1 is 1.13 bits per heavy atom. The maximum absolute atomic E-state index is 13.1. The van der Waals surface area contributed by atoms with Crippen molar-refractivity contribution in [2.24, 2.45) is 7.05 Å². The van der Waals surface area contributed by atoms with E-state index in [1.807, 2.05) is 35.2 Å². The van der Waals surface area contributed by atoms with Crippen molar-refractivity contribution in [3.8, 4) is 22.8 Å². The van der Waals surface area contributed by atoms with Gasteiger partial charge >= 0.3 is 5.63 Å². The molecule has 0 N–H and O–H groups in total. The van der Waals surface area contributed by atoms with Crippen LogP contribution in [0.1, 0.15) is 29.1 Å². The van der Waals surface area contributed by atoms with Gasteiger partial charge in [0, 0.05) is 44.6 Å². The fourth-order valence-corrected chi connectivity index (χ4v) is 3.77. The number of benzene rings is 1. The van der Waals surface area contributed by atoms with Crippen LogP contribution in [0.15, 0.2) is 51.7 Å². The van der Waals surface area contributed by atoms with Crippen molar-refractivity contribution in [3.63, 3.8) is 0 Å². The smallest absolute Gasteiger partial charge is 0.339 e. The Morgan fingerprint density at radius 3 is 2.61 bits per heavy atom. The van der Waals surface area contributed by atoms with Gasteiger partial charge in [0.25, 0.3) is 5.91 Å². The van der Waals surface area contributed by atoms with E-state index < -0.39 is 5.63 Å². The number of hydrogen-bond acceptors (Lipinski definition) is 6. The summed E-state index contributed by atoms with van der Waals surface area (Å²) in [6.45, 7) is 2.86. The first-order chi connectivity index (χ1) is 14.9. The predicted octanol–water partition coefficient (Wildman–Crippen LogP) is 3.04. The first-order valence-corrected chi connectivity index (χ1v) is 10.2. The summed E-state index contributed by atoms with van der Waals surface area (Å²) in [7, 11) is 3.39. The Bertz CT molecular complexity index is 1140. The molecule has 0 aliphatic carbocycles. The molecule has 4 rings (SSSR count). The van der Waals surface area contributed by atoms with Crippen molar-refractivity contribution in [2.45, 2.75) is 25.9 Å². The van der Waals surface area contributed by atoms with Gasteiger partial charge < -0.3 is 18.8 Å². The lowest BCUT2D eigenvalue weighted by Gasteiger charge is -2.32. The van der Waals surface area contributed by atoms with Gasteiger partial charge in [0.2, 0.25) is 0 Å². The van der Waals surface area contributed by atoms with Crippen molar-refractivity contribution in [2.75, 3.05) is 20.2 Å². The Morgan fingerprint density at radius 2 is 1.90 bits per heavy atom. The molecule has 8 heteroatoms. The molecule has 3 aromatic rings. The molecule has 1 aromatic carbocycles. The third-order valence-corrected chi connectivity index (χ3v) is 5.36. The van der Waals surface area contributed by atoms with Crippen LogP contribution >= 0.6 is 0 Å². The molecule has 0 radical (unpaired) electrons. The first kappa shape index (κ1) is 20.7. The number of piperidine rings is 1. The molecule has 1 saturated heterocycles. The maximum atomic E-state index is 13.1. The van der Waals surface area contributed by atoms with Crippen molar-refractivity contribution >= 4 is 5.91 Å². The number of carbonyl (C=O) groups excluding carboxylic acids is 1. The zero-order valence-corrected chi connectivity index (χ0v) is 17.8. The summed E-state index contributed by atoms with van der Waals surface area (Å²) in [6, 6.07) is 12.5. The fourth-order valence-electron chi connectivity index (χ4n) is 3.77. The molecule has 3 heterocycles. The summed E-state index contributed by atoms with van der Waals surface area (Å²) >= 11 is 0. The van der Waals surface area contributed by atoms with Crippen molar-refractivity contribution < 1.29 is 18.7 Å². The number of likely N-dealkylation sites (tertiary alicyclic amines) is 1. The summed E-state index contributed by atoms with van der Waals surface area (Å²) in [4.78, 5) is 26.4. The van der Waals surface area contributed by atoms with Crippen LogP contribution in [0.5, 0.6) is 11.5 Å². The van der Waals surface area contributed by atoms with Crippen molar-refractivity contribution in [3.05, 3.63) is 64.3 Å². The zero-order chi connectivity index (χ0) is 22.0. The number of aromatic nitrogens is 2. The number of amides is 1. The molecule has 0 unspecified atom stereocenters. The summed E-state index contributed by atoms with van der Waals surface area (Å²) in [6.07, 6.45) is 1.32. The molecule has 2 aromatic heterocycles. The topological polar surface area (TPSA) is 86.8 Å². The Labute approximate surface area is 180 Å². The molecule has 0 spiro atoms. The molecule has 1 aliphatic rings. The number of hydrogen-bond donors (Lipinski definition) is 0. The number of aryl methyl sites for hydroxylation is 2. The summed E-state index contributed by atoms with van der Waals surface area (Å²) < 4.78 is 17.8. The average molecular weight is 423 g/mol. The van der Waals surface area contributed by atoms with Gasteiger partial charge in [-0.25, -0.2) is 4.79 Å². The van der Waals surface area contributed by atoms with E-state index in [0.717, 1.165) is 17.0 Å².